The van der Waals surface area contributed by atoms with Crippen LogP contribution < -0.4 is 10.5 Å². The normalized spacial score (nSPS) is 12.9. The Hall–Kier alpha value is -0.620. The van der Waals surface area contributed by atoms with Crippen molar-refractivity contribution >= 4 is 22.4 Å². The molecule has 0 aliphatic rings. The summed E-state index contributed by atoms with van der Waals surface area (Å²) in [6.45, 7) is 4.13. The lowest BCUT2D eigenvalue weighted by Crippen LogP contribution is -2.29. The first-order valence-corrected chi connectivity index (χ1v) is 6.72. The number of aryl methyl sites for hydroxylation is 1. The SMILES string of the molecule is Cc1ccc(S(=O)(=O)NCCC(C)N)cc1.Cl. The standard InChI is InChI=1S/C11H18N2O2S.ClH/c1-9-3-5-11(6-4-9)16(14,15)13-8-7-10(2)12;/h3-6,10,13H,7-8,12H2,1-2H3;1H. The Morgan fingerprint density at radius 1 is 1.29 bits per heavy atom. The molecule has 0 saturated heterocycles. The van der Waals surface area contributed by atoms with Crippen LogP contribution in [0.25, 0.3) is 0 Å². The molecule has 1 rings (SSSR count). The molecule has 0 bridgehead atoms. The van der Waals surface area contributed by atoms with Gasteiger partial charge in [0.15, 0.2) is 0 Å². The number of halogens is 1. The number of rotatable bonds is 5. The molecule has 1 atom stereocenters. The van der Waals surface area contributed by atoms with Gasteiger partial charge in [0.25, 0.3) is 0 Å². The first-order valence-electron chi connectivity index (χ1n) is 5.24. The number of nitrogens with two attached hydrogens (primary N) is 1. The van der Waals surface area contributed by atoms with E-state index >= 15 is 0 Å². The van der Waals surface area contributed by atoms with Crippen LogP contribution in [0, 0.1) is 6.92 Å². The van der Waals surface area contributed by atoms with Crippen molar-refractivity contribution in [1.29, 1.82) is 0 Å². The molecule has 0 aliphatic heterocycles. The zero-order valence-corrected chi connectivity index (χ0v) is 11.6. The van der Waals surface area contributed by atoms with Gasteiger partial charge < -0.3 is 5.73 Å². The third-order valence-corrected chi connectivity index (χ3v) is 3.70. The highest BCUT2D eigenvalue weighted by Crippen LogP contribution is 2.09. The fraction of sp³-hybridized carbons (Fsp3) is 0.455. The van der Waals surface area contributed by atoms with Crippen molar-refractivity contribution in [3.63, 3.8) is 0 Å². The molecular weight excluding hydrogens is 260 g/mol. The maximum absolute atomic E-state index is 11.8. The Bertz CT molecular complexity index is 429. The average molecular weight is 279 g/mol. The lowest BCUT2D eigenvalue weighted by atomic mass is 10.2. The molecule has 0 aliphatic carbocycles. The van der Waals surface area contributed by atoms with Gasteiger partial charge in [0, 0.05) is 12.6 Å². The smallest absolute Gasteiger partial charge is 0.240 e. The van der Waals surface area contributed by atoms with Gasteiger partial charge in [-0.15, -0.1) is 12.4 Å². The molecule has 6 heteroatoms. The fourth-order valence-corrected chi connectivity index (χ4v) is 2.27. The minimum atomic E-state index is -3.38. The van der Waals surface area contributed by atoms with E-state index in [1.807, 2.05) is 13.8 Å². The van der Waals surface area contributed by atoms with Crippen LogP contribution in [0.4, 0.5) is 0 Å². The van der Waals surface area contributed by atoms with Gasteiger partial charge in [-0.1, -0.05) is 17.7 Å². The lowest BCUT2D eigenvalue weighted by Gasteiger charge is -2.08. The quantitative estimate of drug-likeness (QED) is 0.856. The number of hydrogen-bond acceptors (Lipinski definition) is 3. The zero-order chi connectivity index (χ0) is 12.2. The molecule has 17 heavy (non-hydrogen) atoms. The Kier molecular flexibility index (Phi) is 6.70. The molecule has 1 unspecified atom stereocenters. The number of benzene rings is 1. The van der Waals surface area contributed by atoms with Crippen LogP contribution in [-0.2, 0) is 10.0 Å². The first kappa shape index (κ1) is 16.4. The molecule has 0 aromatic heterocycles. The summed E-state index contributed by atoms with van der Waals surface area (Å²) in [6.07, 6.45) is 0.630. The van der Waals surface area contributed by atoms with Crippen molar-refractivity contribution in [1.82, 2.24) is 4.72 Å². The Morgan fingerprint density at radius 2 is 1.82 bits per heavy atom. The molecule has 4 nitrogen and oxygen atoms in total. The molecule has 1 aromatic rings. The van der Waals surface area contributed by atoms with Gasteiger partial charge >= 0.3 is 0 Å². The third kappa shape index (κ3) is 5.50. The first-order chi connectivity index (χ1) is 7.42. The Labute approximate surface area is 109 Å². The van der Waals surface area contributed by atoms with Gasteiger partial charge in [-0.05, 0) is 32.4 Å². The van der Waals surface area contributed by atoms with Gasteiger partial charge in [-0.2, -0.15) is 0 Å². The van der Waals surface area contributed by atoms with Crippen LogP contribution in [-0.4, -0.2) is 21.0 Å². The monoisotopic (exact) mass is 278 g/mol. The van der Waals surface area contributed by atoms with Crippen LogP contribution in [0.2, 0.25) is 0 Å². The summed E-state index contributed by atoms with van der Waals surface area (Å²) in [5.74, 6) is 0. The van der Waals surface area contributed by atoms with E-state index in [0.29, 0.717) is 17.9 Å². The molecule has 0 heterocycles. The van der Waals surface area contributed by atoms with Gasteiger partial charge in [0.05, 0.1) is 4.90 Å². The largest absolute Gasteiger partial charge is 0.328 e. The van der Waals surface area contributed by atoms with Crippen molar-refractivity contribution < 1.29 is 8.42 Å². The number of nitrogens with one attached hydrogen (secondary N) is 1. The molecule has 0 radical (unpaired) electrons. The lowest BCUT2D eigenvalue weighted by molar-refractivity contribution is 0.572. The van der Waals surface area contributed by atoms with Gasteiger partial charge in [0.2, 0.25) is 10.0 Å². The summed E-state index contributed by atoms with van der Waals surface area (Å²) in [5.41, 5.74) is 6.58. The summed E-state index contributed by atoms with van der Waals surface area (Å²) in [7, 11) is -3.38. The second-order valence-corrected chi connectivity index (χ2v) is 5.74. The topological polar surface area (TPSA) is 72.2 Å². The van der Waals surface area contributed by atoms with E-state index in [1.54, 1.807) is 24.3 Å². The van der Waals surface area contributed by atoms with Crippen LogP contribution in [0.15, 0.2) is 29.2 Å². The molecule has 0 saturated carbocycles. The molecule has 0 fully saturated rings. The minimum absolute atomic E-state index is 0. The van der Waals surface area contributed by atoms with E-state index < -0.39 is 10.0 Å². The molecule has 98 valence electrons. The molecule has 3 N–H and O–H groups in total. The summed E-state index contributed by atoms with van der Waals surface area (Å²) in [5, 5.41) is 0. The van der Waals surface area contributed by atoms with Crippen LogP contribution in [0.1, 0.15) is 18.9 Å². The predicted octanol–water partition coefficient (Wildman–Crippen LogP) is 1.43. The predicted molar refractivity (Wildman–Crippen MR) is 71.9 cm³/mol. The highest BCUT2D eigenvalue weighted by Gasteiger charge is 2.12. The zero-order valence-electron chi connectivity index (χ0n) is 10.0. The van der Waals surface area contributed by atoms with Crippen LogP contribution >= 0.6 is 12.4 Å². The summed E-state index contributed by atoms with van der Waals surface area (Å²) < 4.78 is 26.1. The van der Waals surface area contributed by atoms with Crippen molar-refractivity contribution in [2.45, 2.75) is 31.2 Å². The van der Waals surface area contributed by atoms with E-state index in [4.69, 9.17) is 5.73 Å². The summed E-state index contributed by atoms with van der Waals surface area (Å²) >= 11 is 0. The Balaban J connectivity index is 0.00000256. The van der Waals surface area contributed by atoms with Crippen LogP contribution in [0.5, 0.6) is 0 Å². The molecular formula is C11H19ClN2O2S. The van der Waals surface area contributed by atoms with Crippen molar-refractivity contribution in [2.75, 3.05) is 6.54 Å². The highest BCUT2D eigenvalue weighted by atomic mass is 35.5. The number of sulfonamides is 1. The van der Waals surface area contributed by atoms with E-state index in [1.165, 1.54) is 0 Å². The Morgan fingerprint density at radius 3 is 2.29 bits per heavy atom. The summed E-state index contributed by atoms with van der Waals surface area (Å²) in [6, 6.07) is 6.76. The van der Waals surface area contributed by atoms with E-state index in [2.05, 4.69) is 4.72 Å². The van der Waals surface area contributed by atoms with Crippen molar-refractivity contribution in [2.24, 2.45) is 5.73 Å². The molecule has 0 amide bonds. The second-order valence-electron chi connectivity index (χ2n) is 3.98. The summed E-state index contributed by atoms with van der Waals surface area (Å²) in [4.78, 5) is 0.294. The average Bonchev–Trinajstić information content (AvgIpc) is 2.17. The fourth-order valence-electron chi connectivity index (χ4n) is 1.22. The second kappa shape index (κ2) is 6.96. The van der Waals surface area contributed by atoms with Crippen molar-refractivity contribution in [3.05, 3.63) is 29.8 Å². The maximum Gasteiger partial charge on any atom is 0.240 e. The van der Waals surface area contributed by atoms with Gasteiger partial charge in [0.1, 0.15) is 0 Å². The highest BCUT2D eigenvalue weighted by molar-refractivity contribution is 7.89. The third-order valence-electron chi connectivity index (χ3n) is 2.22. The molecule has 0 spiro atoms. The van der Waals surface area contributed by atoms with Crippen molar-refractivity contribution in [3.8, 4) is 0 Å². The van der Waals surface area contributed by atoms with E-state index in [0.717, 1.165) is 5.56 Å². The maximum atomic E-state index is 11.8. The van der Waals surface area contributed by atoms with Gasteiger partial charge in [-0.3, -0.25) is 0 Å². The molecule has 1 aromatic carbocycles. The number of hydrogen-bond donors (Lipinski definition) is 2. The van der Waals surface area contributed by atoms with Crippen LogP contribution in [0.3, 0.4) is 0 Å². The van der Waals surface area contributed by atoms with Gasteiger partial charge in [-0.25, -0.2) is 13.1 Å². The minimum Gasteiger partial charge on any atom is -0.328 e. The van der Waals surface area contributed by atoms with E-state index in [9.17, 15) is 8.42 Å². The van der Waals surface area contributed by atoms with E-state index in [-0.39, 0.29) is 18.4 Å².